The predicted octanol–water partition coefficient (Wildman–Crippen LogP) is 4.07. The van der Waals surface area contributed by atoms with Crippen LogP contribution in [-0.4, -0.2) is 11.9 Å². The fourth-order valence-electron chi connectivity index (χ4n) is 3.26. The highest BCUT2D eigenvalue weighted by molar-refractivity contribution is 6.33. The number of anilines is 2. The summed E-state index contributed by atoms with van der Waals surface area (Å²) in [6.07, 6.45) is 4.10. The summed E-state index contributed by atoms with van der Waals surface area (Å²) in [7, 11) is 0. The van der Waals surface area contributed by atoms with E-state index in [9.17, 15) is 4.79 Å². The lowest BCUT2D eigenvalue weighted by molar-refractivity contribution is -0.115. The van der Waals surface area contributed by atoms with Gasteiger partial charge in [0, 0.05) is 11.7 Å². The lowest BCUT2D eigenvalue weighted by Gasteiger charge is -2.33. The van der Waals surface area contributed by atoms with Crippen molar-refractivity contribution in [2.24, 2.45) is 11.8 Å². The molecule has 1 aliphatic carbocycles. The summed E-state index contributed by atoms with van der Waals surface area (Å²) >= 11 is 6.33. The summed E-state index contributed by atoms with van der Waals surface area (Å²) in [4.78, 5) is 11.4. The van der Waals surface area contributed by atoms with Gasteiger partial charge >= 0.3 is 0 Å². The van der Waals surface area contributed by atoms with E-state index in [4.69, 9.17) is 11.6 Å². The Morgan fingerprint density at radius 1 is 1.25 bits per heavy atom. The second-order valence-corrected chi connectivity index (χ2v) is 6.73. The van der Waals surface area contributed by atoms with Gasteiger partial charge in [-0.05, 0) is 48.8 Å². The third-order valence-corrected chi connectivity index (χ3v) is 5.09. The molecule has 2 aliphatic rings. The maximum Gasteiger partial charge on any atom is 0.228 e. The fraction of sp³-hybridized carbons (Fsp3) is 0.562. The average molecular weight is 293 g/mol. The molecule has 108 valence electrons. The maximum atomic E-state index is 11.4. The Labute approximate surface area is 125 Å². The highest BCUT2D eigenvalue weighted by Gasteiger charge is 2.26. The summed E-state index contributed by atoms with van der Waals surface area (Å²) < 4.78 is 0. The van der Waals surface area contributed by atoms with Crippen molar-refractivity contribution in [2.75, 3.05) is 10.6 Å². The van der Waals surface area contributed by atoms with Gasteiger partial charge in [0.25, 0.3) is 0 Å². The molecule has 0 saturated heterocycles. The summed E-state index contributed by atoms with van der Waals surface area (Å²) in [6, 6.07) is 4.37. The van der Waals surface area contributed by atoms with Gasteiger partial charge in [0.15, 0.2) is 0 Å². The zero-order valence-electron chi connectivity index (χ0n) is 12.0. The lowest BCUT2D eigenvalue weighted by Crippen LogP contribution is -2.30. The second-order valence-electron chi connectivity index (χ2n) is 6.32. The molecule has 1 amide bonds. The summed E-state index contributed by atoms with van der Waals surface area (Å²) in [6.45, 7) is 4.66. The molecule has 0 aromatic heterocycles. The number of hydrogen-bond donors (Lipinski definition) is 2. The van der Waals surface area contributed by atoms with Gasteiger partial charge in [0.05, 0.1) is 17.1 Å². The minimum Gasteiger partial charge on any atom is -0.381 e. The van der Waals surface area contributed by atoms with E-state index in [2.05, 4.69) is 24.5 Å². The zero-order chi connectivity index (χ0) is 14.3. The third kappa shape index (κ3) is 2.64. The number of carbonyl (C=O) groups is 1. The molecule has 1 aromatic rings. The highest BCUT2D eigenvalue weighted by Crippen LogP contribution is 2.36. The Balaban J connectivity index is 1.75. The van der Waals surface area contributed by atoms with Crippen molar-refractivity contribution in [3.05, 3.63) is 22.7 Å². The van der Waals surface area contributed by atoms with Gasteiger partial charge in [-0.3, -0.25) is 4.79 Å². The van der Waals surface area contributed by atoms with Gasteiger partial charge in [0.1, 0.15) is 0 Å². The standard InChI is InChI=1S/C16H21ClN2O/c1-9-3-4-12(5-10(9)2)18-15-6-11-7-16(20)19-14(11)8-13(15)17/h6,8-10,12,18H,3-5,7H2,1-2H3,(H,19,20). The van der Waals surface area contributed by atoms with Gasteiger partial charge in [-0.15, -0.1) is 0 Å². The molecular weight excluding hydrogens is 272 g/mol. The highest BCUT2D eigenvalue weighted by atomic mass is 35.5. The number of hydrogen-bond acceptors (Lipinski definition) is 2. The van der Waals surface area contributed by atoms with Gasteiger partial charge in [-0.25, -0.2) is 0 Å². The molecule has 0 spiro atoms. The maximum absolute atomic E-state index is 11.4. The lowest BCUT2D eigenvalue weighted by atomic mass is 9.79. The van der Waals surface area contributed by atoms with Crippen molar-refractivity contribution in [3.63, 3.8) is 0 Å². The first-order valence-corrected chi connectivity index (χ1v) is 7.79. The molecule has 1 saturated carbocycles. The molecule has 1 heterocycles. The van der Waals surface area contributed by atoms with E-state index in [-0.39, 0.29) is 5.91 Å². The Bertz CT molecular complexity index is 544. The first kappa shape index (κ1) is 13.7. The minimum atomic E-state index is 0.0494. The summed E-state index contributed by atoms with van der Waals surface area (Å²) in [5.74, 6) is 1.61. The number of nitrogens with one attached hydrogen (secondary N) is 2. The number of amides is 1. The number of benzene rings is 1. The molecule has 3 nitrogen and oxygen atoms in total. The van der Waals surface area contributed by atoms with Crippen molar-refractivity contribution in [1.29, 1.82) is 0 Å². The van der Waals surface area contributed by atoms with Crippen LogP contribution in [0.15, 0.2) is 12.1 Å². The van der Waals surface area contributed by atoms with E-state index in [0.29, 0.717) is 17.5 Å². The van der Waals surface area contributed by atoms with Gasteiger partial charge in [0.2, 0.25) is 5.91 Å². The third-order valence-electron chi connectivity index (χ3n) is 4.78. The molecule has 0 radical (unpaired) electrons. The normalized spacial score (nSPS) is 28.9. The number of fused-ring (bicyclic) bond motifs is 1. The largest absolute Gasteiger partial charge is 0.381 e. The molecule has 1 aliphatic heterocycles. The Morgan fingerprint density at radius 3 is 2.80 bits per heavy atom. The monoisotopic (exact) mass is 292 g/mol. The Kier molecular flexibility index (Phi) is 3.63. The minimum absolute atomic E-state index is 0.0494. The quantitative estimate of drug-likeness (QED) is 0.862. The molecule has 0 bridgehead atoms. The van der Waals surface area contributed by atoms with Crippen LogP contribution >= 0.6 is 11.6 Å². The van der Waals surface area contributed by atoms with Crippen LogP contribution in [0.5, 0.6) is 0 Å². The summed E-state index contributed by atoms with van der Waals surface area (Å²) in [5.41, 5.74) is 2.86. The molecule has 4 heteroatoms. The van der Waals surface area contributed by atoms with Crippen LogP contribution in [0.2, 0.25) is 5.02 Å². The second kappa shape index (κ2) is 5.28. The van der Waals surface area contributed by atoms with E-state index in [0.717, 1.165) is 28.8 Å². The predicted molar refractivity (Wildman–Crippen MR) is 83.4 cm³/mol. The number of halogens is 1. The van der Waals surface area contributed by atoms with Crippen LogP contribution in [0.25, 0.3) is 0 Å². The van der Waals surface area contributed by atoms with Gasteiger partial charge in [-0.2, -0.15) is 0 Å². The van der Waals surface area contributed by atoms with Gasteiger partial charge in [-0.1, -0.05) is 25.4 Å². The molecule has 1 fully saturated rings. The Hall–Kier alpha value is -1.22. The first-order valence-electron chi connectivity index (χ1n) is 7.41. The van der Waals surface area contributed by atoms with Crippen LogP contribution < -0.4 is 10.6 Å². The Morgan fingerprint density at radius 2 is 2.05 bits per heavy atom. The number of rotatable bonds is 2. The van der Waals surface area contributed by atoms with Gasteiger partial charge < -0.3 is 10.6 Å². The van der Waals surface area contributed by atoms with E-state index in [1.54, 1.807) is 0 Å². The van der Waals surface area contributed by atoms with Crippen molar-refractivity contribution in [1.82, 2.24) is 0 Å². The fourth-order valence-corrected chi connectivity index (χ4v) is 3.48. The zero-order valence-corrected chi connectivity index (χ0v) is 12.8. The smallest absolute Gasteiger partial charge is 0.228 e. The van der Waals surface area contributed by atoms with E-state index < -0.39 is 0 Å². The molecular formula is C16H21ClN2O. The molecule has 2 N–H and O–H groups in total. The van der Waals surface area contributed by atoms with Crippen molar-refractivity contribution >= 4 is 28.9 Å². The molecule has 3 unspecified atom stereocenters. The van der Waals surface area contributed by atoms with E-state index in [1.807, 2.05) is 12.1 Å². The average Bonchev–Trinajstić information content (AvgIpc) is 2.73. The van der Waals surface area contributed by atoms with E-state index >= 15 is 0 Å². The van der Waals surface area contributed by atoms with Crippen LogP contribution in [0.4, 0.5) is 11.4 Å². The molecule has 1 aromatic carbocycles. The molecule has 20 heavy (non-hydrogen) atoms. The topological polar surface area (TPSA) is 41.1 Å². The van der Waals surface area contributed by atoms with Crippen molar-refractivity contribution in [3.8, 4) is 0 Å². The van der Waals surface area contributed by atoms with Crippen molar-refractivity contribution in [2.45, 2.75) is 45.6 Å². The van der Waals surface area contributed by atoms with Crippen LogP contribution in [-0.2, 0) is 11.2 Å². The van der Waals surface area contributed by atoms with Crippen LogP contribution in [0.3, 0.4) is 0 Å². The van der Waals surface area contributed by atoms with E-state index in [1.165, 1.54) is 19.3 Å². The first-order chi connectivity index (χ1) is 9.52. The van der Waals surface area contributed by atoms with Crippen LogP contribution in [0.1, 0.15) is 38.7 Å². The number of carbonyl (C=O) groups excluding carboxylic acids is 1. The summed E-state index contributed by atoms with van der Waals surface area (Å²) in [5, 5.41) is 7.10. The molecule has 3 rings (SSSR count). The molecule has 3 atom stereocenters. The van der Waals surface area contributed by atoms with Crippen molar-refractivity contribution < 1.29 is 4.79 Å². The van der Waals surface area contributed by atoms with Crippen LogP contribution in [0, 0.1) is 11.8 Å². The SMILES string of the molecule is CC1CCC(Nc2cc3c(cc2Cl)NC(=O)C3)CC1C.